The zero-order valence-electron chi connectivity index (χ0n) is 24.4. The lowest BCUT2D eigenvalue weighted by Gasteiger charge is -2.40. The van der Waals surface area contributed by atoms with E-state index in [1.807, 2.05) is 31.1 Å². The van der Waals surface area contributed by atoms with Crippen LogP contribution in [0.5, 0.6) is 0 Å². The zero-order valence-corrected chi connectivity index (χ0v) is 26.0. The minimum Gasteiger partial charge on any atom is -0.380 e. The number of thioether (sulfide) groups is 1. The number of urea groups is 1. The second kappa shape index (κ2) is 11.4. The number of carbonyl (C=O) groups excluding carboxylic acids is 2. The zero-order chi connectivity index (χ0) is 33.5. The van der Waals surface area contributed by atoms with Gasteiger partial charge < -0.3 is 19.5 Å². The molecule has 0 spiro atoms. The maximum Gasteiger partial charge on any atom is 0.347 e. The van der Waals surface area contributed by atoms with Crippen molar-refractivity contribution in [2.24, 2.45) is 4.99 Å². The Balaban J connectivity index is 1.33. The summed E-state index contributed by atoms with van der Waals surface area (Å²) in [5.74, 6) is -1.09. The minimum absolute atomic E-state index is 0.0423. The van der Waals surface area contributed by atoms with Crippen LogP contribution < -0.4 is 15.1 Å². The molecule has 1 N–H and O–H groups in total. The average molecular weight is 685 g/mol. The van der Waals surface area contributed by atoms with Crippen LogP contribution in [0.4, 0.5) is 45.7 Å². The number of aromatic nitrogens is 2. The van der Waals surface area contributed by atoms with Crippen LogP contribution in [0.3, 0.4) is 0 Å². The van der Waals surface area contributed by atoms with Crippen molar-refractivity contribution in [2.45, 2.75) is 11.5 Å². The van der Waals surface area contributed by atoms with Gasteiger partial charge in [0.25, 0.3) is 0 Å². The van der Waals surface area contributed by atoms with Gasteiger partial charge in [-0.1, -0.05) is 43.3 Å². The molecule has 3 aromatic carbocycles. The third-order valence-electron chi connectivity index (χ3n) is 6.76. The molecule has 9 nitrogen and oxygen atoms in total. The van der Waals surface area contributed by atoms with Gasteiger partial charge in [0, 0.05) is 49.9 Å². The fourth-order valence-corrected chi connectivity index (χ4v) is 6.00. The highest BCUT2D eigenvalue weighted by atomic mass is 32.5. The molecule has 0 bridgehead atoms. The number of hydrogen-bond acceptors (Lipinski definition) is 6. The number of rotatable bonds is 8. The number of methoxy groups -OCH3 is 1. The van der Waals surface area contributed by atoms with Gasteiger partial charge in [-0.2, -0.15) is 4.99 Å². The van der Waals surface area contributed by atoms with E-state index >= 15 is 4.39 Å². The van der Waals surface area contributed by atoms with E-state index in [2.05, 4.69) is 15.3 Å². The maximum absolute atomic E-state index is 15.1. The summed E-state index contributed by atoms with van der Waals surface area (Å²) in [5.41, 5.74) is 2.39. The highest BCUT2D eigenvalue weighted by molar-refractivity contribution is 8.45. The molecule has 244 valence electrons. The predicted octanol–water partition coefficient (Wildman–Crippen LogP) is 8.22. The number of amides is 3. The Kier molecular flexibility index (Phi) is 8.15. The lowest BCUT2D eigenvalue weighted by molar-refractivity contribution is -0.115. The van der Waals surface area contributed by atoms with Crippen molar-refractivity contribution in [3.05, 3.63) is 84.6 Å². The van der Waals surface area contributed by atoms with Gasteiger partial charge in [0.15, 0.2) is 5.17 Å². The number of nitrogens with zero attached hydrogens (tertiary/aromatic N) is 5. The van der Waals surface area contributed by atoms with E-state index in [0.717, 1.165) is 35.6 Å². The van der Waals surface area contributed by atoms with Crippen molar-refractivity contribution in [1.29, 1.82) is 0 Å². The quantitative estimate of drug-likeness (QED) is 0.188. The lowest BCUT2D eigenvalue weighted by Crippen LogP contribution is -2.31. The molecule has 46 heavy (non-hydrogen) atoms. The Labute approximate surface area is 263 Å². The van der Waals surface area contributed by atoms with E-state index in [1.54, 1.807) is 6.07 Å². The largest absolute Gasteiger partial charge is 0.380 e. The van der Waals surface area contributed by atoms with Crippen molar-refractivity contribution in [3.8, 4) is 16.9 Å². The molecule has 0 saturated carbocycles. The molecule has 1 saturated heterocycles. The maximum atomic E-state index is 15.1. The summed E-state index contributed by atoms with van der Waals surface area (Å²) in [4.78, 5) is 35.0. The van der Waals surface area contributed by atoms with Crippen molar-refractivity contribution < 1.29 is 38.1 Å². The van der Waals surface area contributed by atoms with E-state index in [-0.39, 0.29) is 58.2 Å². The molecule has 0 radical (unpaired) electrons. The number of anilines is 3. The summed E-state index contributed by atoms with van der Waals surface area (Å²) in [6.45, 7) is 0.205. The molecule has 2 heterocycles. The highest BCUT2D eigenvalue weighted by Gasteiger charge is 2.65. The van der Waals surface area contributed by atoms with Crippen LogP contribution in [0, 0.1) is 5.82 Å². The van der Waals surface area contributed by atoms with Crippen LogP contribution >= 0.6 is 22.0 Å². The van der Waals surface area contributed by atoms with Crippen LogP contribution in [-0.2, 0) is 16.1 Å². The van der Waals surface area contributed by atoms with Gasteiger partial charge in [-0.25, -0.2) is 14.2 Å². The number of ether oxygens (including phenoxy) is 1. The molecule has 5 rings (SSSR count). The van der Waals surface area contributed by atoms with Gasteiger partial charge in [0.05, 0.1) is 35.8 Å². The summed E-state index contributed by atoms with van der Waals surface area (Å²) in [6, 6.07) is 10.6. The number of nitrogens with one attached hydrogen (secondary N) is 1. The topological polar surface area (TPSA) is 92.1 Å². The Bertz CT molecular complexity index is 1870. The molecular formula is C29H26F6N6O3S2. The minimum atomic E-state index is -9.81. The van der Waals surface area contributed by atoms with E-state index in [1.165, 1.54) is 41.2 Å². The van der Waals surface area contributed by atoms with Crippen LogP contribution in [-0.4, -0.2) is 53.6 Å². The number of aliphatic imine (C=N–C) groups is 1. The Morgan fingerprint density at radius 3 is 2.41 bits per heavy atom. The number of amidine groups is 1. The van der Waals surface area contributed by atoms with Crippen molar-refractivity contribution in [1.82, 2.24) is 9.55 Å². The van der Waals surface area contributed by atoms with E-state index in [4.69, 9.17) is 4.74 Å². The average Bonchev–Trinajstić information content (AvgIpc) is 3.60. The van der Waals surface area contributed by atoms with Gasteiger partial charge in [0.1, 0.15) is 10.7 Å². The standard InChI is InChI=1S/C29H26F6N6O3S2/c1-39(2)21-6-4-19(15-44-3)26(13-21)41-27(42)16-45-29(41)38-28(43)37-24-11-5-18(12-23(24)30)25-14-40(17-36-25)20-7-9-22(10-8-20)46(31,32,33,34)35/h4-14,17H,15-16H2,1-3H3,(H,37,43)/b38-29-. The van der Waals surface area contributed by atoms with Gasteiger partial charge in [-0.05, 0) is 48.5 Å². The molecule has 1 aliphatic heterocycles. The molecule has 4 aromatic rings. The van der Waals surface area contributed by atoms with Crippen LogP contribution in [0.1, 0.15) is 5.56 Å². The molecule has 17 heteroatoms. The summed E-state index contributed by atoms with van der Waals surface area (Å²) in [6.07, 6.45) is 2.60. The Hall–Kier alpha value is -4.48. The van der Waals surface area contributed by atoms with Crippen molar-refractivity contribution in [3.63, 3.8) is 0 Å². The van der Waals surface area contributed by atoms with Gasteiger partial charge in [-0.15, -0.1) is 0 Å². The normalized spacial score (nSPS) is 16.0. The van der Waals surface area contributed by atoms with Crippen LogP contribution in [0.2, 0.25) is 0 Å². The van der Waals surface area contributed by atoms with E-state index in [0.29, 0.717) is 11.3 Å². The molecule has 1 fully saturated rings. The molecule has 0 atom stereocenters. The SMILES string of the molecule is COCc1ccc(N(C)C)cc1N1C(=O)CS/C1=N\C(=O)Nc1ccc(-c2cn(-c3ccc(S(F)(F)(F)(F)F)cc3)cn2)cc1F. The van der Waals surface area contributed by atoms with Gasteiger partial charge >= 0.3 is 16.3 Å². The first-order valence-corrected chi connectivity index (χ1v) is 16.2. The molecule has 1 aliphatic rings. The van der Waals surface area contributed by atoms with Crippen LogP contribution in [0.15, 0.2) is 83.1 Å². The Morgan fingerprint density at radius 2 is 1.78 bits per heavy atom. The van der Waals surface area contributed by atoms with E-state index in [9.17, 15) is 29.0 Å². The first kappa shape index (κ1) is 32.9. The second-order valence-corrected chi connectivity index (χ2v) is 13.7. The summed E-state index contributed by atoms with van der Waals surface area (Å²) in [7, 11) is -4.61. The summed E-state index contributed by atoms with van der Waals surface area (Å²) in [5, 5.41) is 2.47. The number of benzene rings is 3. The summed E-state index contributed by atoms with van der Waals surface area (Å²) < 4.78 is 86.8. The fourth-order valence-electron chi connectivity index (χ4n) is 4.49. The third-order valence-corrected chi connectivity index (χ3v) is 8.84. The first-order valence-electron chi connectivity index (χ1n) is 13.3. The fraction of sp³-hybridized carbons (Fsp3) is 0.172. The monoisotopic (exact) mass is 684 g/mol. The van der Waals surface area contributed by atoms with Crippen LogP contribution in [0.25, 0.3) is 16.9 Å². The highest BCUT2D eigenvalue weighted by Crippen LogP contribution is 3.02. The molecule has 0 aliphatic carbocycles. The van der Waals surface area contributed by atoms with E-state index < -0.39 is 27.0 Å². The number of imidazole rings is 1. The lowest BCUT2D eigenvalue weighted by atomic mass is 10.1. The molecule has 1 aromatic heterocycles. The second-order valence-electron chi connectivity index (χ2n) is 10.3. The van der Waals surface area contributed by atoms with Gasteiger partial charge in [0.2, 0.25) is 5.91 Å². The molecular weight excluding hydrogens is 658 g/mol. The molecule has 0 unspecified atom stereocenters. The smallest absolute Gasteiger partial charge is 0.347 e. The number of carbonyl (C=O) groups is 2. The first-order chi connectivity index (χ1) is 21.4. The summed E-state index contributed by atoms with van der Waals surface area (Å²) >= 11 is 1.05. The van der Waals surface area contributed by atoms with Crippen molar-refractivity contribution in [2.75, 3.05) is 42.1 Å². The number of hydrogen-bond donors (Lipinski definition) is 1. The predicted molar refractivity (Wildman–Crippen MR) is 168 cm³/mol. The van der Waals surface area contributed by atoms with Gasteiger partial charge in [-0.3, -0.25) is 9.69 Å². The van der Waals surface area contributed by atoms with Crippen molar-refractivity contribution >= 4 is 56.2 Å². The molecule has 3 amide bonds. The third kappa shape index (κ3) is 7.16. The number of halogens is 6. The Morgan fingerprint density at radius 1 is 1.07 bits per heavy atom.